The third-order valence-corrected chi connectivity index (χ3v) is 7.66. The number of amides is 2. The van der Waals surface area contributed by atoms with Crippen molar-refractivity contribution in [1.82, 2.24) is 15.2 Å². The number of thiol groups is 1. The van der Waals surface area contributed by atoms with Crippen LogP contribution in [0.15, 0.2) is 21.8 Å². The van der Waals surface area contributed by atoms with Gasteiger partial charge in [-0.15, -0.1) is 23.1 Å². The maximum Gasteiger partial charge on any atom is 0.276 e. The summed E-state index contributed by atoms with van der Waals surface area (Å²) >= 11 is 6.61. The molecule has 14 heteroatoms. The smallest absolute Gasteiger partial charge is 0.276 e. The van der Waals surface area contributed by atoms with Crippen LogP contribution in [0.5, 0.6) is 0 Å². The Labute approximate surface area is 203 Å². The van der Waals surface area contributed by atoms with E-state index in [1.807, 2.05) is 6.92 Å². The molecule has 0 spiro atoms. The zero-order valence-corrected chi connectivity index (χ0v) is 20.8. The first-order chi connectivity index (χ1) is 15.5. The van der Waals surface area contributed by atoms with Crippen LogP contribution in [0.2, 0.25) is 0 Å². The summed E-state index contributed by atoms with van der Waals surface area (Å²) in [6.45, 7) is 5.75. The summed E-state index contributed by atoms with van der Waals surface area (Å²) in [4.78, 5) is 48.6. The molecule has 4 heterocycles. The Balaban J connectivity index is 1.58. The highest BCUT2D eigenvalue weighted by atomic mass is 32.2. The van der Waals surface area contributed by atoms with Gasteiger partial charge in [-0.3, -0.25) is 19.3 Å². The van der Waals surface area contributed by atoms with Gasteiger partial charge < -0.3 is 25.4 Å². The molecule has 178 valence electrons. The second-order valence-corrected chi connectivity index (χ2v) is 10.7. The van der Waals surface area contributed by atoms with Crippen LogP contribution in [0.3, 0.4) is 0 Å². The van der Waals surface area contributed by atoms with Crippen LogP contribution in [-0.4, -0.2) is 74.8 Å². The molecule has 3 N–H and O–H groups in total. The number of nitrogens with zero attached hydrogens (tertiary/aromatic N) is 3. The van der Waals surface area contributed by atoms with E-state index in [4.69, 9.17) is 20.0 Å². The molecule has 1 aromatic rings. The fourth-order valence-corrected chi connectivity index (χ4v) is 6.26. The van der Waals surface area contributed by atoms with Crippen molar-refractivity contribution in [1.29, 1.82) is 0 Å². The minimum absolute atomic E-state index is 0.106. The Morgan fingerprint density at radius 3 is 2.73 bits per heavy atom. The number of β-lactam (4-membered cyclic amide) rings is 1. The lowest BCUT2D eigenvalue weighted by atomic mass is 9.98. The largest absolute Gasteiger partial charge is 0.398 e. The number of rotatable bonds is 6. The van der Waals surface area contributed by atoms with Crippen molar-refractivity contribution in [3.63, 3.8) is 0 Å². The zero-order valence-electron chi connectivity index (χ0n) is 18.2. The number of nitrogens with one attached hydrogen (secondary N) is 1. The molecule has 2 amide bonds. The van der Waals surface area contributed by atoms with E-state index < -0.39 is 40.2 Å². The van der Waals surface area contributed by atoms with Crippen LogP contribution in [0, 0.1) is 0 Å². The van der Waals surface area contributed by atoms with Gasteiger partial charge in [0.25, 0.3) is 11.8 Å². The fourth-order valence-electron chi connectivity index (χ4n) is 3.97. The van der Waals surface area contributed by atoms with Crippen molar-refractivity contribution in [2.24, 2.45) is 5.16 Å². The number of carbonyl (C=O) groups is 3. The standard InChI is InChI=1S/C19H23N5O6S3/c1-7-10(9-5-29-19(2,3)30-9)13(17(27)31)24-15(26)12(16(24)33-7)22-14(25)11(23-28-4)8-6-32-18(20)21-8/h6-7,9,12,16H,5H2,1-4H3,(H2,20,21)(H,22,25)(H,27,31)/b23-11-/t7?,9?,12?,16-/m1/s1. The highest BCUT2D eigenvalue weighted by molar-refractivity contribution is 8.01. The van der Waals surface area contributed by atoms with E-state index in [9.17, 15) is 14.4 Å². The van der Waals surface area contributed by atoms with Crippen molar-refractivity contribution in [2.75, 3.05) is 19.5 Å². The Hall–Kier alpha value is -2.13. The molecule has 0 saturated carbocycles. The Morgan fingerprint density at radius 1 is 1.45 bits per heavy atom. The van der Waals surface area contributed by atoms with E-state index in [0.29, 0.717) is 5.57 Å². The molecule has 0 radical (unpaired) electrons. The molecule has 3 unspecified atom stereocenters. The highest BCUT2D eigenvalue weighted by Crippen LogP contribution is 2.47. The highest BCUT2D eigenvalue weighted by Gasteiger charge is 2.57. The van der Waals surface area contributed by atoms with E-state index in [2.05, 4.69) is 28.1 Å². The first-order valence-electron chi connectivity index (χ1n) is 9.95. The van der Waals surface area contributed by atoms with Crippen molar-refractivity contribution in [2.45, 2.75) is 49.3 Å². The lowest BCUT2D eigenvalue weighted by Gasteiger charge is -2.51. The summed E-state index contributed by atoms with van der Waals surface area (Å²) < 4.78 is 11.6. The maximum atomic E-state index is 13.1. The maximum absolute atomic E-state index is 13.1. The zero-order chi connectivity index (χ0) is 24.1. The summed E-state index contributed by atoms with van der Waals surface area (Å²) in [7, 11) is 1.30. The average Bonchev–Trinajstić information content (AvgIpc) is 3.33. The van der Waals surface area contributed by atoms with Crippen molar-refractivity contribution < 1.29 is 28.7 Å². The molecule has 4 atom stereocenters. The molecule has 4 rings (SSSR count). The van der Waals surface area contributed by atoms with Crippen LogP contribution in [-0.2, 0) is 28.7 Å². The van der Waals surface area contributed by atoms with Crippen LogP contribution in [0.4, 0.5) is 5.13 Å². The molecule has 0 aromatic carbocycles. The predicted molar refractivity (Wildman–Crippen MR) is 126 cm³/mol. The number of thioether (sulfide) groups is 1. The van der Waals surface area contributed by atoms with Crippen LogP contribution >= 0.6 is 35.7 Å². The molecule has 2 fully saturated rings. The van der Waals surface area contributed by atoms with E-state index in [0.717, 1.165) is 11.3 Å². The third-order valence-electron chi connectivity index (χ3n) is 5.35. The molecule has 0 aliphatic carbocycles. The summed E-state index contributed by atoms with van der Waals surface area (Å²) in [6, 6.07) is -0.871. The first kappa shape index (κ1) is 24.0. The predicted octanol–water partition coefficient (Wildman–Crippen LogP) is 0.726. The van der Waals surface area contributed by atoms with Gasteiger partial charge in [0.15, 0.2) is 16.6 Å². The van der Waals surface area contributed by atoms with Crippen molar-refractivity contribution in [3.8, 4) is 0 Å². The first-order valence-corrected chi connectivity index (χ1v) is 12.2. The SMILES string of the molecule is CO/N=C(\C(=O)NC1C(=O)N2C(C(=O)S)=C(C3COC(C)(C)O3)C(C)S[C@H]12)c1csc(N)n1. The Kier molecular flexibility index (Phi) is 6.48. The van der Waals surface area contributed by atoms with E-state index in [1.165, 1.54) is 23.8 Å². The summed E-state index contributed by atoms with van der Waals surface area (Å²) in [5.41, 5.74) is 6.61. The number of hydrogen-bond donors (Lipinski definition) is 3. The van der Waals surface area contributed by atoms with Crippen LogP contribution in [0.1, 0.15) is 26.5 Å². The number of ether oxygens (including phenoxy) is 2. The third kappa shape index (κ3) is 4.37. The Morgan fingerprint density at radius 2 is 2.18 bits per heavy atom. The molecule has 2 saturated heterocycles. The molecule has 1 aromatic heterocycles. The van der Waals surface area contributed by atoms with Gasteiger partial charge in [0.2, 0.25) is 5.12 Å². The fraction of sp³-hybridized carbons (Fsp3) is 0.526. The topological polar surface area (TPSA) is 145 Å². The second-order valence-electron chi connectivity index (χ2n) is 7.95. The number of thiazole rings is 1. The molecule has 11 nitrogen and oxygen atoms in total. The number of nitrogens with two attached hydrogens (primary N) is 1. The molecular formula is C19H23N5O6S3. The van der Waals surface area contributed by atoms with Gasteiger partial charge in [-0.1, -0.05) is 17.8 Å². The van der Waals surface area contributed by atoms with Gasteiger partial charge in [0.05, 0.1) is 6.61 Å². The number of nitrogen functional groups attached to an aromatic ring is 1. The van der Waals surface area contributed by atoms with Gasteiger partial charge in [-0.2, -0.15) is 0 Å². The summed E-state index contributed by atoms with van der Waals surface area (Å²) in [5, 5.41) is 7.03. The summed E-state index contributed by atoms with van der Waals surface area (Å²) in [5.74, 6) is -1.87. The molecular weight excluding hydrogens is 490 g/mol. The minimum Gasteiger partial charge on any atom is -0.398 e. The molecule has 33 heavy (non-hydrogen) atoms. The van der Waals surface area contributed by atoms with Crippen LogP contribution < -0.4 is 11.1 Å². The number of fused-ring (bicyclic) bond motifs is 1. The normalized spacial score (nSPS) is 28.9. The lowest BCUT2D eigenvalue weighted by Crippen LogP contribution is -2.71. The number of carbonyl (C=O) groups excluding carboxylic acids is 3. The van der Waals surface area contributed by atoms with Crippen molar-refractivity contribution in [3.05, 3.63) is 22.3 Å². The Bertz CT molecular complexity index is 1070. The lowest BCUT2D eigenvalue weighted by molar-refractivity contribution is -0.146. The van der Waals surface area contributed by atoms with Crippen molar-refractivity contribution >= 4 is 63.5 Å². The van der Waals surface area contributed by atoms with Gasteiger partial charge >= 0.3 is 0 Å². The van der Waals surface area contributed by atoms with Gasteiger partial charge in [0, 0.05) is 16.2 Å². The number of anilines is 1. The summed E-state index contributed by atoms with van der Waals surface area (Å²) in [6.07, 6.45) is -0.480. The van der Waals surface area contributed by atoms with Crippen LogP contribution in [0.25, 0.3) is 0 Å². The van der Waals surface area contributed by atoms with E-state index in [-0.39, 0.29) is 34.1 Å². The minimum atomic E-state index is -0.871. The van der Waals surface area contributed by atoms with E-state index >= 15 is 0 Å². The molecule has 3 aliphatic rings. The van der Waals surface area contributed by atoms with Gasteiger partial charge in [0.1, 0.15) is 36.0 Å². The van der Waals surface area contributed by atoms with E-state index in [1.54, 1.807) is 19.2 Å². The molecule has 3 aliphatic heterocycles. The quantitative estimate of drug-likeness (QED) is 0.217. The number of oxime groups is 1. The second kappa shape index (κ2) is 8.91. The monoisotopic (exact) mass is 513 g/mol. The molecule has 0 bridgehead atoms. The van der Waals surface area contributed by atoms with Gasteiger partial charge in [-0.05, 0) is 20.8 Å². The number of hydrogen-bond acceptors (Lipinski definition) is 11. The number of aromatic nitrogens is 1. The van der Waals surface area contributed by atoms with Gasteiger partial charge in [-0.25, -0.2) is 4.98 Å². The average molecular weight is 514 g/mol.